The molecule has 0 unspecified atom stereocenters. The highest BCUT2D eigenvalue weighted by molar-refractivity contribution is 6.40. The van der Waals surface area contributed by atoms with Crippen molar-refractivity contribution in [2.45, 2.75) is 0 Å². The summed E-state index contributed by atoms with van der Waals surface area (Å²) < 4.78 is 4.93. The summed E-state index contributed by atoms with van der Waals surface area (Å²) in [7, 11) is 3.44. The van der Waals surface area contributed by atoms with Crippen molar-refractivity contribution in [1.29, 1.82) is 0 Å². The minimum Gasteiger partial charge on any atom is -0.399 e. The number of rotatable bonds is 6. The molecule has 1 amide bonds. The van der Waals surface area contributed by atoms with Gasteiger partial charge in [-0.1, -0.05) is 23.2 Å². The summed E-state index contributed by atoms with van der Waals surface area (Å²) in [5.41, 5.74) is 6.42. The summed E-state index contributed by atoms with van der Waals surface area (Å²) in [5, 5.41) is 3.31. The normalized spacial score (nSPS) is 10.8. The van der Waals surface area contributed by atoms with Gasteiger partial charge in [0.25, 0.3) is 0 Å². The predicted molar refractivity (Wildman–Crippen MR) is 78.9 cm³/mol. The first-order valence-electron chi connectivity index (χ1n) is 5.66. The Kier molecular flexibility index (Phi) is 6.37. The van der Waals surface area contributed by atoms with Gasteiger partial charge in [0, 0.05) is 19.3 Å². The van der Waals surface area contributed by atoms with Gasteiger partial charge >= 0.3 is 0 Å². The molecule has 7 heteroatoms. The molecule has 19 heavy (non-hydrogen) atoms. The molecule has 0 spiro atoms. The van der Waals surface area contributed by atoms with E-state index in [2.05, 4.69) is 5.32 Å². The van der Waals surface area contributed by atoms with Crippen LogP contribution >= 0.6 is 23.2 Å². The molecule has 1 rings (SSSR count). The largest absolute Gasteiger partial charge is 0.399 e. The number of ether oxygens (including phenoxy) is 1. The fourth-order valence-electron chi connectivity index (χ4n) is 1.46. The van der Waals surface area contributed by atoms with Crippen LogP contribution in [0.3, 0.4) is 0 Å². The third kappa shape index (κ3) is 5.24. The van der Waals surface area contributed by atoms with Gasteiger partial charge in [-0.3, -0.25) is 9.69 Å². The maximum absolute atomic E-state index is 11.8. The fraction of sp³-hybridized carbons (Fsp3) is 0.417. The number of hydrogen-bond donors (Lipinski definition) is 2. The Hall–Kier alpha value is -1.01. The number of carbonyl (C=O) groups is 1. The van der Waals surface area contributed by atoms with Gasteiger partial charge in [0.05, 0.1) is 28.9 Å². The third-order valence-corrected chi connectivity index (χ3v) is 3.02. The second-order valence-corrected chi connectivity index (χ2v) is 4.95. The fourth-order valence-corrected chi connectivity index (χ4v) is 2.06. The quantitative estimate of drug-likeness (QED) is 0.790. The van der Waals surface area contributed by atoms with Crippen molar-refractivity contribution in [3.05, 3.63) is 22.2 Å². The van der Waals surface area contributed by atoms with Crippen molar-refractivity contribution < 1.29 is 9.53 Å². The molecule has 5 nitrogen and oxygen atoms in total. The molecule has 0 fully saturated rings. The molecule has 1 aromatic carbocycles. The number of carbonyl (C=O) groups excluding carboxylic acids is 1. The maximum atomic E-state index is 11.8. The number of hydrogen-bond acceptors (Lipinski definition) is 4. The molecule has 0 heterocycles. The molecule has 106 valence electrons. The Morgan fingerprint density at radius 2 is 2.00 bits per heavy atom. The number of amides is 1. The summed E-state index contributed by atoms with van der Waals surface area (Å²) >= 11 is 12.0. The molecule has 0 aliphatic carbocycles. The van der Waals surface area contributed by atoms with Gasteiger partial charge in [0.15, 0.2) is 0 Å². The smallest absolute Gasteiger partial charge is 0.238 e. The van der Waals surface area contributed by atoms with E-state index in [-0.39, 0.29) is 12.5 Å². The number of nitrogens with one attached hydrogen (secondary N) is 1. The lowest BCUT2D eigenvalue weighted by molar-refractivity contribution is -0.117. The standard InChI is InChI=1S/C12H17Cl2N3O2/c1-17(3-4-19-2)7-11(18)16-12-9(13)5-8(15)6-10(12)14/h5-6H,3-4,7,15H2,1-2H3,(H,16,18). The zero-order valence-electron chi connectivity index (χ0n) is 10.9. The van der Waals surface area contributed by atoms with E-state index < -0.39 is 0 Å². The van der Waals surface area contributed by atoms with Crippen molar-refractivity contribution in [1.82, 2.24) is 4.90 Å². The lowest BCUT2D eigenvalue weighted by Crippen LogP contribution is -2.32. The Labute approximate surface area is 122 Å². The summed E-state index contributed by atoms with van der Waals surface area (Å²) in [5.74, 6) is -0.202. The number of nitrogen functional groups attached to an aromatic ring is 1. The maximum Gasteiger partial charge on any atom is 0.238 e. The first-order valence-corrected chi connectivity index (χ1v) is 6.41. The Bertz CT molecular complexity index is 432. The number of nitrogens with two attached hydrogens (primary N) is 1. The minimum absolute atomic E-state index is 0.202. The highest BCUT2D eigenvalue weighted by Crippen LogP contribution is 2.32. The summed E-state index contributed by atoms with van der Waals surface area (Å²) in [6, 6.07) is 3.08. The van der Waals surface area contributed by atoms with Crippen molar-refractivity contribution in [2.24, 2.45) is 0 Å². The van der Waals surface area contributed by atoms with Gasteiger partial charge in [0.1, 0.15) is 0 Å². The number of halogens is 2. The molecule has 3 N–H and O–H groups in total. The molecule has 0 bridgehead atoms. The van der Waals surface area contributed by atoms with Crippen molar-refractivity contribution in [3.63, 3.8) is 0 Å². The predicted octanol–water partition coefficient (Wildman–Crippen LogP) is 2.09. The van der Waals surface area contributed by atoms with E-state index in [0.717, 1.165) is 0 Å². The molecule has 0 aromatic heterocycles. The van der Waals surface area contributed by atoms with Gasteiger partial charge < -0.3 is 15.8 Å². The van der Waals surface area contributed by atoms with E-state index in [1.807, 2.05) is 11.9 Å². The molecule has 1 aromatic rings. The van der Waals surface area contributed by atoms with Gasteiger partial charge in [-0.25, -0.2) is 0 Å². The van der Waals surface area contributed by atoms with E-state index in [1.54, 1.807) is 7.11 Å². The van der Waals surface area contributed by atoms with E-state index in [1.165, 1.54) is 12.1 Å². The van der Waals surface area contributed by atoms with Crippen molar-refractivity contribution >= 4 is 40.5 Å². The third-order valence-electron chi connectivity index (χ3n) is 2.42. The molecule has 0 aliphatic heterocycles. The monoisotopic (exact) mass is 305 g/mol. The average molecular weight is 306 g/mol. The molecule has 0 saturated heterocycles. The van der Waals surface area contributed by atoms with Crippen LogP contribution in [0.5, 0.6) is 0 Å². The number of likely N-dealkylation sites (N-methyl/N-ethyl adjacent to an activating group) is 1. The Balaban J connectivity index is 2.62. The van der Waals surface area contributed by atoms with Crippen molar-refractivity contribution in [2.75, 3.05) is 44.9 Å². The van der Waals surface area contributed by atoms with Gasteiger partial charge in [-0.2, -0.15) is 0 Å². The number of benzene rings is 1. The van der Waals surface area contributed by atoms with Crippen LogP contribution in [0, 0.1) is 0 Å². The van der Waals surface area contributed by atoms with E-state index in [9.17, 15) is 4.79 Å². The molecular formula is C12H17Cl2N3O2. The first-order chi connectivity index (χ1) is 8.93. The highest BCUT2D eigenvalue weighted by atomic mass is 35.5. The van der Waals surface area contributed by atoms with E-state index in [4.69, 9.17) is 33.7 Å². The van der Waals surface area contributed by atoms with Crippen LogP contribution < -0.4 is 11.1 Å². The first kappa shape index (κ1) is 16.0. The summed E-state index contributed by atoms with van der Waals surface area (Å²) in [6.45, 7) is 1.45. The Morgan fingerprint density at radius 1 is 1.42 bits per heavy atom. The lowest BCUT2D eigenvalue weighted by Gasteiger charge is -2.16. The summed E-state index contributed by atoms with van der Waals surface area (Å²) in [6.07, 6.45) is 0. The van der Waals surface area contributed by atoms with Crippen LogP contribution in [0.2, 0.25) is 10.0 Å². The lowest BCUT2D eigenvalue weighted by atomic mass is 10.2. The van der Waals surface area contributed by atoms with Crippen LogP contribution in [0.4, 0.5) is 11.4 Å². The van der Waals surface area contributed by atoms with Gasteiger partial charge in [-0.15, -0.1) is 0 Å². The zero-order valence-corrected chi connectivity index (χ0v) is 12.4. The molecule has 0 saturated carbocycles. The average Bonchev–Trinajstić information content (AvgIpc) is 2.31. The second-order valence-electron chi connectivity index (χ2n) is 4.14. The molecule has 0 aliphatic rings. The van der Waals surface area contributed by atoms with Crippen LogP contribution in [-0.2, 0) is 9.53 Å². The van der Waals surface area contributed by atoms with Crippen LogP contribution in [0.1, 0.15) is 0 Å². The van der Waals surface area contributed by atoms with Crippen LogP contribution in [0.25, 0.3) is 0 Å². The van der Waals surface area contributed by atoms with Crippen molar-refractivity contribution in [3.8, 4) is 0 Å². The zero-order chi connectivity index (χ0) is 14.4. The SMILES string of the molecule is COCCN(C)CC(=O)Nc1c(Cl)cc(N)cc1Cl. The minimum atomic E-state index is -0.202. The Morgan fingerprint density at radius 3 is 2.53 bits per heavy atom. The number of nitrogens with zero attached hydrogens (tertiary/aromatic N) is 1. The van der Waals surface area contributed by atoms with Gasteiger partial charge in [0.2, 0.25) is 5.91 Å². The molecular weight excluding hydrogens is 289 g/mol. The van der Waals surface area contributed by atoms with Crippen LogP contribution in [0.15, 0.2) is 12.1 Å². The number of methoxy groups -OCH3 is 1. The van der Waals surface area contributed by atoms with Crippen LogP contribution in [-0.4, -0.2) is 44.7 Å². The molecule has 0 radical (unpaired) electrons. The summed E-state index contributed by atoms with van der Waals surface area (Å²) in [4.78, 5) is 13.7. The highest BCUT2D eigenvalue weighted by Gasteiger charge is 2.12. The van der Waals surface area contributed by atoms with Gasteiger partial charge in [-0.05, 0) is 19.2 Å². The van der Waals surface area contributed by atoms with E-state index >= 15 is 0 Å². The molecule has 0 atom stereocenters. The number of anilines is 2. The second kappa shape index (κ2) is 7.55. The topological polar surface area (TPSA) is 67.6 Å². The van der Waals surface area contributed by atoms with E-state index in [0.29, 0.717) is 34.6 Å².